The Bertz CT molecular complexity index is 1260. The van der Waals surface area contributed by atoms with Crippen LogP contribution in [0.2, 0.25) is 5.02 Å². The molecule has 4 aromatic rings. The van der Waals surface area contributed by atoms with Crippen molar-refractivity contribution in [3.8, 4) is 0 Å². The normalized spacial score (nSPS) is 10.8. The maximum Gasteiger partial charge on any atom is 0.251 e. The first-order valence-electron chi connectivity index (χ1n) is 10.3. The standard InChI is InChI=1S/C25H23ClN4O2/c1-17-9-11-18(12-10-17)25(32)27-14-13-23-29-21-7-2-3-8-22(21)30(23)16-24(31)28-20-6-4-5-19(26)15-20/h2-12,15H,13-14,16H2,1H3,(H,27,32)(H,28,31). The highest BCUT2D eigenvalue weighted by molar-refractivity contribution is 6.30. The molecule has 162 valence electrons. The molecule has 6 nitrogen and oxygen atoms in total. The van der Waals surface area contributed by atoms with E-state index in [0.717, 1.165) is 22.4 Å². The van der Waals surface area contributed by atoms with Gasteiger partial charge in [0.2, 0.25) is 5.91 Å². The maximum absolute atomic E-state index is 12.7. The number of nitrogens with zero attached hydrogens (tertiary/aromatic N) is 2. The molecule has 0 aliphatic rings. The van der Waals surface area contributed by atoms with E-state index in [4.69, 9.17) is 11.6 Å². The van der Waals surface area contributed by atoms with E-state index in [1.165, 1.54) is 0 Å². The SMILES string of the molecule is Cc1ccc(C(=O)NCCc2nc3ccccc3n2CC(=O)Nc2cccc(Cl)c2)cc1. The van der Waals surface area contributed by atoms with Crippen LogP contribution in [0.5, 0.6) is 0 Å². The van der Waals surface area contributed by atoms with Gasteiger partial charge < -0.3 is 15.2 Å². The number of halogens is 1. The van der Waals surface area contributed by atoms with Crippen molar-refractivity contribution in [2.24, 2.45) is 0 Å². The lowest BCUT2D eigenvalue weighted by molar-refractivity contribution is -0.116. The number of carbonyl (C=O) groups is 2. The van der Waals surface area contributed by atoms with Gasteiger partial charge in [0, 0.05) is 29.2 Å². The molecular formula is C25H23ClN4O2. The second-order valence-corrected chi connectivity index (χ2v) is 7.97. The summed E-state index contributed by atoms with van der Waals surface area (Å²) < 4.78 is 1.88. The maximum atomic E-state index is 12.7. The molecule has 0 aliphatic heterocycles. The summed E-state index contributed by atoms with van der Waals surface area (Å²) in [5, 5.41) is 6.36. The smallest absolute Gasteiger partial charge is 0.251 e. The van der Waals surface area contributed by atoms with Crippen LogP contribution in [0, 0.1) is 6.92 Å². The van der Waals surface area contributed by atoms with Crippen LogP contribution in [0.25, 0.3) is 11.0 Å². The Labute approximate surface area is 191 Å². The molecule has 0 radical (unpaired) electrons. The van der Waals surface area contributed by atoms with Gasteiger partial charge in [-0.05, 0) is 49.4 Å². The summed E-state index contributed by atoms with van der Waals surface area (Å²) >= 11 is 6.01. The number of anilines is 1. The third-order valence-corrected chi connectivity index (χ3v) is 5.33. The lowest BCUT2D eigenvalue weighted by Crippen LogP contribution is -2.27. The lowest BCUT2D eigenvalue weighted by atomic mass is 10.1. The van der Waals surface area contributed by atoms with Crippen LogP contribution in [-0.4, -0.2) is 27.9 Å². The van der Waals surface area contributed by atoms with Crippen LogP contribution in [0.4, 0.5) is 5.69 Å². The Balaban J connectivity index is 1.46. The summed E-state index contributed by atoms with van der Waals surface area (Å²) in [6.45, 7) is 2.49. The van der Waals surface area contributed by atoms with Gasteiger partial charge in [0.1, 0.15) is 12.4 Å². The fourth-order valence-corrected chi connectivity index (χ4v) is 3.69. The first-order valence-corrected chi connectivity index (χ1v) is 10.7. The predicted octanol–water partition coefficient (Wildman–Crippen LogP) is 4.61. The van der Waals surface area contributed by atoms with E-state index in [2.05, 4.69) is 15.6 Å². The van der Waals surface area contributed by atoms with Crippen LogP contribution in [0.15, 0.2) is 72.8 Å². The Hall–Kier alpha value is -3.64. The molecule has 0 aliphatic carbocycles. The molecule has 0 saturated carbocycles. The summed E-state index contributed by atoms with van der Waals surface area (Å²) in [6, 6.07) is 22.1. The molecular weight excluding hydrogens is 424 g/mol. The van der Waals surface area contributed by atoms with E-state index >= 15 is 0 Å². The average Bonchev–Trinajstić information content (AvgIpc) is 3.11. The Morgan fingerprint density at radius 1 is 1.00 bits per heavy atom. The molecule has 3 aromatic carbocycles. The molecule has 2 N–H and O–H groups in total. The lowest BCUT2D eigenvalue weighted by Gasteiger charge is -2.11. The number of amides is 2. The zero-order valence-electron chi connectivity index (χ0n) is 17.6. The van der Waals surface area contributed by atoms with Crippen molar-refractivity contribution in [3.63, 3.8) is 0 Å². The van der Waals surface area contributed by atoms with Gasteiger partial charge in [-0.3, -0.25) is 9.59 Å². The zero-order chi connectivity index (χ0) is 22.5. The fourth-order valence-electron chi connectivity index (χ4n) is 3.50. The Morgan fingerprint density at radius 3 is 2.56 bits per heavy atom. The minimum absolute atomic E-state index is 0.105. The van der Waals surface area contributed by atoms with Crippen molar-refractivity contribution in [2.45, 2.75) is 19.9 Å². The summed E-state index contributed by atoms with van der Waals surface area (Å²) in [6.07, 6.45) is 0.497. The number of aryl methyl sites for hydroxylation is 1. The Morgan fingerprint density at radius 2 is 1.78 bits per heavy atom. The fraction of sp³-hybridized carbons (Fsp3) is 0.160. The number of para-hydroxylation sites is 2. The van der Waals surface area contributed by atoms with Gasteiger partial charge in [-0.25, -0.2) is 4.98 Å². The van der Waals surface area contributed by atoms with Gasteiger partial charge in [0.15, 0.2) is 0 Å². The van der Waals surface area contributed by atoms with Crippen molar-refractivity contribution in [3.05, 3.63) is 94.8 Å². The van der Waals surface area contributed by atoms with Crippen LogP contribution < -0.4 is 10.6 Å². The monoisotopic (exact) mass is 446 g/mol. The molecule has 0 spiro atoms. The molecule has 0 fully saturated rings. The summed E-state index contributed by atoms with van der Waals surface area (Å²) in [5.74, 6) is 0.420. The number of benzene rings is 3. The largest absolute Gasteiger partial charge is 0.352 e. The van der Waals surface area contributed by atoms with Gasteiger partial charge in [-0.2, -0.15) is 0 Å². The number of imidazole rings is 1. The third-order valence-electron chi connectivity index (χ3n) is 5.09. The van der Waals surface area contributed by atoms with Gasteiger partial charge in [-0.15, -0.1) is 0 Å². The molecule has 0 bridgehead atoms. The van der Waals surface area contributed by atoms with E-state index in [1.807, 2.05) is 47.9 Å². The quantitative estimate of drug-likeness (QED) is 0.435. The van der Waals surface area contributed by atoms with E-state index in [1.54, 1.807) is 36.4 Å². The van der Waals surface area contributed by atoms with Gasteiger partial charge >= 0.3 is 0 Å². The molecule has 2 amide bonds. The number of fused-ring (bicyclic) bond motifs is 1. The molecule has 0 saturated heterocycles. The van der Waals surface area contributed by atoms with E-state index < -0.39 is 0 Å². The van der Waals surface area contributed by atoms with Gasteiger partial charge in [-0.1, -0.05) is 47.5 Å². The van der Waals surface area contributed by atoms with Crippen LogP contribution in [-0.2, 0) is 17.8 Å². The van der Waals surface area contributed by atoms with Crippen molar-refractivity contribution >= 4 is 40.1 Å². The van der Waals surface area contributed by atoms with Crippen molar-refractivity contribution in [1.29, 1.82) is 0 Å². The van der Waals surface area contributed by atoms with Crippen LogP contribution in [0.3, 0.4) is 0 Å². The van der Waals surface area contributed by atoms with Crippen LogP contribution >= 0.6 is 11.6 Å². The average molecular weight is 447 g/mol. The second-order valence-electron chi connectivity index (χ2n) is 7.53. The number of aromatic nitrogens is 2. The highest BCUT2D eigenvalue weighted by Gasteiger charge is 2.14. The van der Waals surface area contributed by atoms with Crippen molar-refractivity contribution in [1.82, 2.24) is 14.9 Å². The predicted molar refractivity (Wildman–Crippen MR) is 127 cm³/mol. The molecule has 0 atom stereocenters. The summed E-state index contributed by atoms with van der Waals surface area (Å²) in [7, 11) is 0. The number of rotatable bonds is 7. The van der Waals surface area contributed by atoms with Crippen molar-refractivity contribution < 1.29 is 9.59 Å². The topological polar surface area (TPSA) is 76.0 Å². The molecule has 4 rings (SSSR count). The highest BCUT2D eigenvalue weighted by Crippen LogP contribution is 2.18. The van der Waals surface area contributed by atoms with Crippen LogP contribution in [0.1, 0.15) is 21.7 Å². The van der Waals surface area contributed by atoms with E-state index in [-0.39, 0.29) is 18.4 Å². The number of hydrogen-bond acceptors (Lipinski definition) is 3. The summed E-state index contributed by atoms with van der Waals surface area (Å²) in [4.78, 5) is 29.8. The van der Waals surface area contributed by atoms with E-state index in [0.29, 0.717) is 29.2 Å². The zero-order valence-corrected chi connectivity index (χ0v) is 18.4. The third kappa shape index (κ3) is 5.15. The molecule has 1 heterocycles. The number of carbonyl (C=O) groups excluding carboxylic acids is 2. The minimum Gasteiger partial charge on any atom is -0.352 e. The van der Waals surface area contributed by atoms with Gasteiger partial charge in [0.05, 0.1) is 11.0 Å². The first-order chi connectivity index (χ1) is 15.5. The van der Waals surface area contributed by atoms with Gasteiger partial charge in [0.25, 0.3) is 5.91 Å². The molecule has 7 heteroatoms. The minimum atomic E-state index is -0.180. The second kappa shape index (κ2) is 9.66. The molecule has 0 unspecified atom stereocenters. The van der Waals surface area contributed by atoms with E-state index in [9.17, 15) is 9.59 Å². The Kier molecular flexibility index (Phi) is 6.52. The van der Waals surface area contributed by atoms with Crippen molar-refractivity contribution in [2.75, 3.05) is 11.9 Å². The summed E-state index contributed by atoms with van der Waals surface area (Å²) in [5.41, 5.74) is 4.03. The number of hydrogen-bond donors (Lipinski definition) is 2. The highest BCUT2D eigenvalue weighted by atomic mass is 35.5. The number of nitrogens with one attached hydrogen (secondary N) is 2. The molecule has 32 heavy (non-hydrogen) atoms. The first kappa shape index (κ1) is 21.6. The molecule has 1 aromatic heterocycles.